The van der Waals surface area contributed by atoms with Gasteiger partial charge >= 0.3 is 0 Å². The molecule has 2 nitrogen and oxygen atoms in total. The molecule has 0 aromatic rings. The van der Waals surface area contributed by atoms with Crippen molar-refractivity contribution in [3.8, 4) is 0 Å². The summed E-state index contributed by atoms with van der Waals surface area (Å²) >= 11 is 0. The average Bonchev–Trinajstić information content (AvgIpc) is 1.41. The standard InChI is InChI=1S/C2H8O2Si/c3-1-2-4-5/h3H,1-2H2,5H3. The van der Waals surface area contributed by atoms with Crippen molar-refractivity contribution >= 4 is 10.5 Å². The van der Waals surface area contributed by atoms with Crippen molar-refractivity contribution in [1.29, 1.82) is 0 Å². The lowest BCUT2D eigenvalue weighted by Gasteiger charge is -1.85. The molecule has 0 rings (SSSR count). The molecule has 0 amide bonds. The number of hydrogen-bond acceptors (Lipinski definition) is 2. The molecular formula is C2H8O2Si. The predicted octanol–water partition coefficient (Wildman–Crippen LogP) is -1.72. The van der Waals surface area contributed by atoms with Crippen LogP contribution < -0.4 is 0 Å². The Hall–Kier alpha value is 0.137. The van der Waals surface area contributed by atoms with Gasteiger partial charge in [-0.25, -0.2) is 0 Å². The second-order valence-corrected chi connectivity index (χ2v) is 1.29. The smallest absolute Gasteiger partial charge is 0.146 e. The van der Waals surface area contributed by atoms with Crippen LogP contribution >= 0.6 is 0 Å². The van der Waals surface area contributed by atoms with E-state index in [1.165, 1.54) is 0 Å². The van der Waals surface area contributed by atoms with E-state index in [-0.39, 0.29) is 6.61 Å². The first kappa shape index (κ1) is 5.14. The first-order chi connectivity index (χ1) is 2.41. The van der Waals surface area contributed by atoms with Gasteiger partial charge in [-0.1, -0.05) is 0 Å². The van der Waals surface area contributed by atoms with Crippen LogP contribution in [0.2, 0.25) is 0 Å². The summed E-state index contributed by atoms with van der Waals surface area (Å²) in [5.41, 5.74) is 0. The molecule has 5 heavy (non-hydrogen) atoms. The van der Waals surface area contributed by atoms with Crippen LogP contribution in [-0.4, -0.2) is 28.8 Å². The highest BCUT2D eigenvalue weighted by Crippen LogP contribution is 1.55. The van der Waals surface area contributed by atoms with Crippen LogP contribution in [0.4, 0.5) is 0 Å². The van der Waals surface area contributed by atoms with Crippen LogP contribution in [0.25, 0.3) is 0 Å². The summed E-state index contributed by atoms with van der Waals surface area (Å²) in [6.07, 6.45) is 0. The summed E-state index contributed by atoms with van der Waals surface area (Å²) in [6.45, 7) is 0.662. The van der Waals surface area contributed by atoms with Crippen LogP contribution in [0.3, 0.4) is 0 Å². The van der Waals surface area contributed by atoms with E-state index in [2.05, 4.69) is 4.43 Å². The maximum atomic E-state index is 7.96. The summed E-state index contributed by atoms with van der Waals surface area (Å²) in [6, 6.07) is 0. The summed E-state index contributed by atoms with van der Waals surface area (Å²) in [7, 11) is 0.739. The first-order valence-corrected chi connectivity index (χ1v) is 2.33. The highest BCUT2D eigenvalue weighted by atomic mass is 28.2. The summed E-state index contributed by atoms with van der Waals surface area (Å²) < 4.78 is 4.58. The molecule has 0 aliphatic rings. The Morgan fingerprint density at radius 1 is 1.80 bits per heavy atom. The fraction of sp³-hybridized carbons (Fsp3) is 1.00. The zero-order valence-electron chi connectivity index (χ0n) is 3.27. The van der Waals surface area contributed by atoms with Gasteiger partial charge in [-0.3, -0.25) is 0 Å². The van der Waals surface area contributed by atoms with E-state index >= 15 is 0 Å². The molecule has 0 aromatic carbocycles. The van der Waals surface area contributed by atoms with Crippen LogP contribution in [0.1, 0.15) is 0 Å². The van der Waals surface area contributed by atoms with Crippen molar-refractivity contribution in [3.63, 3.8) is 0 Å². The molecule has 32 valence electrons. The minimum Gasteiger partial charge on any atom is -0.426 e. The summed E-state index contributed by atoms with van der Waals surface area (Å²) in [4.78, 5) is 0. The maximum absolute atomic E-state index is 7.96. The summed E-state index contributed by atoms with van der Waals surface area (Å²) in [5, 5.41) is 7.96. The Morgan fingerprint density at radius 3 is 2.40 bits per heavy atom. The van der Waals surface area contributed by atoms with Crippen LogP contribution in [0.15, 0.2) is 0 Å². The SMILES string of the molecule is OCCO[SiH3]. The largest absolute Gasteiger partial charge is 0.426 e. The molecule has 0 saturated carbocycles. The van der Waals surface area contributed by atoms with Gasteiger partial charge in [0.1, 0.15) is 10.5 Å². The average molecular weight is 92.2 g/mol. The Labute approximate surface area is 34.3 Å². The van der Waals surface area contributed by atoms with Gasteiger partial charge in [-0.15, -0.1) is 0 Å². The number of rotatable bonds is 2. The fourth-order valence-corrected chi connectivity index (χ4v) is 0.274. The third-order valence-electron chi connectivity index (χ3n) is 0.295. The molecule has 0 saturated heterocycles. The van der Waals surface area contributed by atoms with Crippen LogP contribution in [-0.2, 0) is 4.43 Å². The van der Waals surface area contributed by atoms with Crippen molar-refractivity contribution < 1.29 is 9.53 Å². The molecule has 0 heterocycles. The van der Waals surface area contributed by atoms with E-state index in [1.54, 1.807) is 0 Å². The zero-order chi connectivity index (χ0) is 4.12. The van der Waals surface area contributed by atoms with Crippen molar-refractivity contribution in [2.24, 2.45) is 0 Å². The number of aliphatic hydroxyl groups excluding tert-OH is 1. The Balaban J connectivity index is 2.19. The van der Waals surface area contributed by atoms with Gasteiger partial charge < -0.3 is 9.53 Å². The molecular weight excluding hydrogens is 84.1 g/mol. The molecule has 0 atom stereocenters. The second-order valence-electron chi connectivity index (χ2n) is 0.716. The molecule has 0 aliphatic heterocycles. The van der Waals surface area contributed by atoms with E-state index in [1.807, 2.05) is 0 Å². The predicted molar refractivity (Wildman–Crippen MR) is 23.0 cm³/mol. The minimum absolute atomic E-state index is 0.156. The van der Waals surface area contributed by atoms with E-state index in [9.17, 15) is 0 Å². The van der Waals surface area contributed by atoms with Gasteiger partial charge in [0.05, 0.1) is 13.2 Å². The molecule has 0 spiro atoms. The fourth-order valence-electron chi connectivity index (χ4n) is 0.0913. The van der Waals surface area contributed by atoms with Crippen LogP contribution in [0, 0.1) is 0 Å². The lowest BCUT2D eigenvalue weighted by molar-refractivity contribution is 0.212. The summed E-state index contributed by atoms with van der Waals surface area (Å²) in [5.74, 6) is 0. The molecule has 0 fully saturated rings. The third-order valence-corrected chi connectivity index (χ3v) is 0.704. The second kappa shape index (κ2) is 4.14. The molecule has 0 radical (unpaired) electrons. The van der Waals surface area contributed by atoms with Gasteiger partial charge in [0, 0.05) is 0 Å². The molecule has 0 unspecified atom stereocenters. The topological polar surface area (TPSA) is 29.5 Å². The van der Waals surface area contributed by atoms with E-state index in [4.69, 9.17) is 5.11 Å². The number of hydrogen-bond donors (Lipinski definition) is 1. The third kappa shape index (κ3) is 4.14. The van der Waals surface area contributed by atoms with E-state index in [0.29, 0.717) is 6.61 Å². The Kier molecular flexibility index (Phi) is 4.25. The number of aliphatic hydroxyl groups is 1. The maximum Gasteiger partial charge on any atom is 0.146 e. The van der Waals surface area contributed by atoms with Gasteiger partial charge in [-0.05, 0) is 0 Å². The van der Waals surface area contributed by atoms with E-state index in [0.717, 1.165) is 10.5 Å². The normalized spacial score (nSPS) is 9.00. The van der Waals surface area contributed by atoms with Crippen molar-refractivity contribution in [3.05, 3.63) is 0 Å². The Bertz CT molecular complexity index is 15.1. The lowest BCUT2D eigenvalue weighted by Crippen LogP contribution is -1.93. The monoisotopic (exact) mass is 92.0 g/mol. The minimum atomic E-state index is 0.156. The molecule has 0 aromatic heterocycles. The van der Waals surface area contributed by atoms with Crippen LogP contribution in [0.5, 0.6) is 0 Å². The van der Waals surface area contributed by atoms with Gasteiger partial charge in [0.2, 0.25) is 0 Å². The highest BCUT2D eigenvalue weighted by molar-refractivity contribution is 5.97. The molecule has 0 aliphatic carbocycles. The molecule has 3 heteroatoms. The Morgan fingerprint density at radius 2 is 2.40 bits per heavy atom. The van der Waals surface area contributed by atoms with Crippen molar-refractivity contribution in [2.75, 3.05) is 13.2 Å². The zero-order valence-corrected chi connectivity index (χ0v) is 5.27. The molecule has 0 bridgehead atoms. The van der Waals surface area contributed by atoms with E-state index < -0.39 is 0 Å². The van der Waals surface area contributed by atoms with Crippen molar-refractivity contribution in [2.45, 2.75) is 0 Å². The quantitative estimate of drug-likeness (QED) is 0.410. The van der Waals surface area contributed by atoms with Gasteiger partial charge in [-0.2, -0.15) is 0 Å². The van der Waals surface area contributed by atoms with Gasteiger partial charge in [0.15, 0.2) is 0 Å². The lowest BCUT2D eigenvalue weighted by atomic mass is 10.8. The van der Waals surface area contributed by atoms with Crippen molar-refractivity contribution in [1.82, 2.24) is 0 Å². The molecule has 1 N–H and O–H groups in total. The van der Waals surface area contributed by atoms with Gasteiger partial charge in [0.25, 0.3) is 0 Å². The highest BCUT2D eigenvalue weighted by Gasteiger charge is 1.66. The first-order valence-electron chi connectivity index (χ1n) is 1.51.